The van der Waals surface area contributed by atoms with Crippen molar-refractivity contribution in [3.8, 4) is 0 Å². The third kappa shape index (κ3) is 3.08. The number of ether oxygens (including phenoxy) is 1. The first-order valence-electron chi connectivity index (χ1n) is 8.65. The molecule has 0 unspecified atom stereocenters. The van der Waals surface area contributed by atoms with E-state index < -0.39 is 0 Å². The molecule has 0 spiro atoms. The molecule has 4 rings (SSSR count). The largest absolute Gasteiger partial charge is 0.383 e. The standard InChI is InChI=1S/C19H20BrN5O2/c1-19(7-8-19)25-15(20)13(14-16(21)22-10-23-17(14)25)18(26)24-12-5-3-11(4-6-12)9-27-2/h3-6,10H,7-9H2,1-2H3,(H,24,26)(H2,21,22,23). The molecule has 8 heteroatoms. The molecule has 0 bridgehead atoms. The van der Waals surface area contributed by atoms with Crippen molar-refractivity contribution in [1.29, 1.82) is 0 Å². The number of fused-ring (bicyclic) bond motifs is 1. The topological polar surface area (TPSA) is 95.1 Å². The van der Waals surface area contributed by atoms with Gasteiger partial charge in [-0.2, -0.15) is 0 Å². The normalized spacial score (nSPS) is 15.1. The Hall–Kier alpha value is -2.45. The van der Waals surface area contributed by atoms with Crippen LogP contribution in [0.2, 0.25) is 0 Å². The molecule has 2 heterocycles. The number of nitrogens with zero attached hydrogens (tertiary/aromatic N) is 3. The number of nitrogens with two attached hydrogens (primary N) is 1. The molecule has 0 radical (unpaired) electrons. The van der Waals surface area contributed by atoms with Crippen LogP contribution < -0.4 is 11.1 Å². The molecular weight excluding hydrogens is 410 g/mol. The summed E-state index contributed by atoms with van der Waals surface area (Å²) in [4.78, 5) is 21.6. The highest BCUT2D eigenvalue weighted by molar-refractivity contribution is 9.10. The fourth-order valence-electron chi connectivity index (χ4n) is 3.26. The van der Waals surface area contributed by atoms with E-state index in [0.29, 0.717) is 39.3 Å². The van der Waals surface area contributed by atoms with Crippen LogP contribution in [0.4, 0.5) is 11.5 Å². The number of nitrogen functional groups attached to an aromatic ring is 1. The average molecular weight is 430 g/mol. The predicted molar refractivity (Wildman–Crippen MR) is 108 cm³/mol. The molecule has 1 saturated carbocycles. The Kier molecular flexibility index (Phi) is 4.39. The number of aromatic nitrogens is 3. The zero-order chi connectivity index (χ0) is 19.2. The van der Waals surface area contributed by atoms with Crippen molar-refractivity contribution in [2.24, 2.45) is 0 Å². The van der Waals surface area contributed by atoms with Crippen molar-refractivity contribution in [1.82, 2.24) is 14.5 Å². The molecule has 1 fully saturated rings. The highest BCUT2D eigenvalue weighted by Gasteiger charge is 2.43. The third-order valence-corrected chi connectivity index (χ3v) is 5.74. The van der Waals surface area contributed by atoms with Crippen LogP contribution in [0, 0.1) is 0 Å². The fourth-order valence-corrected chi connectivity index (χ4v) is 4.23. The fraction of sp³-hybridized carbons (Fsp3) is 0.316. The summed E-state index contributed by atoms with van der Waals surface area (Å²) < 4.78 is 7.84. The monoisotopic (exact) mass is 429 g/mol. The number of methoxy groups -OCH3 is 1. The van der Waals surface area contributed by atoms with Gasteiger partial charge in [-0.05, 0) is 53.4 Å². The van der Waals surface area contributed by atoms with Crippen LogP contribution in [0.25, 0.3) is 11.0 Å². The van der Waals surface area contributed by atoms with E-state index in [0.717, 1.165) is 18.4 Å². The molecule has 1 aliphatic rings. The lowest BCUT2D eigenvalue weighted by Crippen LogP contribution is -2.15. The summed E-state index contributed by atoms with van der Waals surface area (Å²) in [6.07, 6.45) is 3.49. The number of amides is 1. The molecular formula is C19H20BrN5O2. The Labute approximate surface area is 165 Å². The lowest BCUT2D eigenvalue weighted by Gasteiger charge is -2.14. The number of hydrogen-bond acceptors (Lipinski definition) is 5. The quantitative estimate of drug-likeness (QED) is 0.644. The van der Waals surface area contributed by atoms with Gasteiger partial charge in [-0.1, -0.05) is 12.1 Å². The Morgan fingerprint density at radius 3 is 2.67 bits per heavy atom. The number of carbonyl (C=O) groups is 1. The Morgan fingerprint density at radius 2 is 2.04 bits per heavy atom. The molecule has 1 aliphatic carbocycles. The minimum absolute atomic E-state index is 0.0573. The number of benzene rings is 1. The van der Waals surface area contributed by atoms with E-state index in [1.54, 1.807) is 7.11 Å². The van der Waals surface area contributed by atoms with Crippen molar-refractivity contribution >= 4 is 44.4 Å². The van der Waals surface area contributed by atoms with Gasteiger partial charge in [-0.25, -0.2) is 9.97 Å². The zero-order valence-corrected chi connectivity index (χ0v) is 16.7. The van der Waals surface area contributed by atoms with Crippen LogP contribution in [-0.4, -0.2) is 27.6 Å². The molecule has 2 aromatic heterocycles. The van der Waals surface area contributed by atoms with E-state index >= 15 is 0 Å². The second-order valence-corrected chi connectivity index (χ2v) is 7.79. The number of halogens is 1. The lowest BCUT2D eigenvalue weighted by atomic mass is 10.2. The van der Waals surface area contributed by atoms with Gasteiger partial charge in [0.25, 0.3) is 5.91 Å². The van der Waals surface area contributed by atoms with Crippen LogP contribution in [0.3, 0.4) is 0 Å². The Morgan fingerprint density at radius 1 is 1.33 bits per heavy atom. The maximum Gasteiger partial charge on any atom is 0.259 e. The van der Waals surface area contributed by atoms with Gasteiger partial charge in [-0.3, -0.25) is 4.79 Å². The summed E-state index contributed by atoms with van der Waals surface area (Å²) in [6, 6.07) is 7.53. The summed E-state index contributed by atoms with van der Waals surface area (Å²) in [5.41, 5.74) is 8.91. The van der Waals surface area contributed by atoms with Crippen molar-refractivity contribution in [2.45, 2.75) is 31.9 Å². The lowest BCUT2D eigenvalue weighted by molar-refractivity contribution is 0.102. The van der Waals surface area contributed by atoms with Gasteiger partial charge in [0, 0.05) is 18.3 Å². The van der Waals surface area contributed by atoms with Crippen molar-refractivity contribution in [2.75, 3.05) is 18.2 Å². The summed E-state index contributed by atoms with van der Waals surface area (Å²) in [6.45, 7) is 2.67. The van der Waals surface area contributed by atoms with Gasteiger partial charge in [0.2, 0.25) is 0 Å². The molecule has 3 N–H and O–H groups in total. The highest BCUT2D eigenvalue weighted by atomic mass is 79.9. The van der Waals surface area contributed by atoms with E-state index in [1.165, 1.54) is 6.33 Å². The maximum absolute atomic E-state index is 13.1. The van der Waals surface area contributed by atoms with Gasteiger partial charge in [0.15, 0.2) is 0 Å². The van der Waals surface area contributed by atoms with E-state index in [-0.39, 0.29) is 11.4 Å². The molecule has 7 nitrogen and oxygen atoms in total. The van der Waals surface area contributed by atoms with Crippen molar-refractivity contribution < 1.29 is 9.53 Å². The maximum atomic E-state index is 13.1. The zero-order valence-electron chi connectivity index (χ0n) is 15.1. The minimum Gasteiger partial charge on any atom is -0.383 e. The van der Waals surface area contributed by atoms with Gasteiger partial charge in [0.05, 0.1) is 17.6 Å². The van der Waals surface area contributed by atoms with Crippen molar-refractivity contribution in [3.05, 3.63) is 46.3 Å². The number of rotatable bonds is 5. The second kappa shape index (κ2) is 6.61. The molecule has 140 valence electrons. The first-order valence-corrected chi connectivity index (χ1v) is 9.44. The number of hydrogen-bond donors (Lipinski definition) is 2. The molecule has 0 aliphatic heterocycles. The second-order valence-electron chi connectivity index (χ2n) is 7.04. The van der Waals surface area contributed by atoms with E-state index in [9.17, 15) is 4.79 Å². The smallest absolute Gasteiger partial charge is 0.259 e. The van der Waals surface area contributed by atoms with Crippen LogP contribution in [0.15, 0.2) is 35.2 Å². The van der Waals surface area contributed by atoms with E-state index in [1.807, 2.05) is 24.3 Å². The molecule has 1 aromatic carbocycles. The van der Waals surface area contributed by atoms with Crippen molar-refractivity contribution in [3.63, 3.8) is 0 Å². The van der Waals surface area contributed by atoms with Gasteiger partial charge in [0.1, 0.15) is 22.4 Å². The van der Waals surface area contributed by atoms with Crippen LogP contribution in [-0.2, 0) is 16.9 Å². The summed E-state index contributed by atoms with van der Waals surface area (Å²) in [7, 11) is 1.65. The highest BCUT2D eigenvalue weighted by Crippen LogP contribution is 2.48. The SMILES string of the molecule is COCc1ccc(NC(=O)c2c(Br)n(C3(C)CC3)c3ncnc(N)c23)cc1. The predicted octanol–water partition coefficient (Wildman–Crippen LogP) is 3.68. The molecule has 0 atom stereocenters. The number of anilines is 2. The summed E-state index contributed by atoms with van der Waals surface area (Å²) in [5.74, 6) is 0.0418. The van der Waals surface area contributed by atoms with E-state index in [2.05, 4.69) is 42.7 Å². The van der Waals surface area contributed by atoms with Crippen LogP contribution >= 0.6 is 15.9 Å². The van der Waals surface area contributed by atoms with Crippen LogP contribution in [0.1, 0.15) is 35.7 Å². The summed E-state index contributed by atoms with van der Waals surface area (Å²) in [5, 5.41) is 3.51. The Bertz CT molecular complexity index is 1020. The first-order chi connectivity index (χ1) is 12.9. The van der Waals surface area contributed by atoms with Gasteiger partial charge < -0.3 is 20.4 Å². The van der Waals surface area contributed by atoms with Gasteiger partial charge >= 0.3 is 0 Å². The minimum atomic E-state index is -0.254. The number of carbonyl (C=O) groups excluding carboxylic acids is 1. The summed E-state index contributed by atoms with van der Waals surface area (Å²) >= 11 is 3.61. The molecule has 3 aromatic rings. The molecule has 1 amide bonds. The van der Waals surface area contributed by atoms with Crippen LogP contribution in [0.5, 0.6) is 0 Å². The van der Waals surface area contributed by atoms with E-state index in [4.69, 9.17) is 10.5 Å². The number of nitrogens with one attached hydrogen (secondary N) is 1. The Balaban J connectivity index is 1.75. The third-order valence-electron chi connectivity index (χ3n) is 4.98. The molecule has 0 saturated heterocycles. The van der Waals surface area contributed by atoms with Gasteiger partial charge in [-0.15, -0.1) is 0 Å². The molecule has 27 heavy (non-hydrogen) atoms. The average Bonchev–Trinajstić information content (AvgIpc) is 3.29. The first kappa shape index (κ1) is 17.9.